The lowest BCUT2D eigenvalue weighted by atomic mass is 10.1. The molecule has 2 heterocycles. The predicted molar refractivity (Wildman–Crippen MR) is 128 cm³/mol. The minimum Gasteiger partial charge on any atom is -0.384 e. The lowest BCUT2D eigenvalue weighted by molar-refractivity contribution is -0.121. The third kappa shape index (κ3) is 6.42. The molecule has 1 aromatic carbocycles. The number of aryl methyl sites for hydroxylation is 2. The monoisotopic (exact) mass is 469 g/mol. The summed E-state index contributed by atoms with van der Waals surface area (Å²) in [6.07, 6.45) is 0.667. The summed E-state index contributed by atoms with van der Waals surface area (Å²) in [6, 6.07) is 15.1. The molecule has 174 valence electrons. The molecule has 4 N–H and O–H groups in total. The number of carbonyl (C=O) groups is 1. The highest BCUT2D eigenvalue weighted by molar-refractivity contribution is 7.91. The number of benzene rings is 1. The molecule has 0 aliphatic carbocycles. The van der Waals surface area contributed by atoms with E-state index in [0.717, 1.165) is 11.3 Å². The molecule has 0 saturated carbocycles. The smallest absolute Gasteiger partial charge is 0.275 e. The fourth-order valence-corrected chi connectivity index (χ4v) is 4.54. The van der Waals surface area contributed by atoms with Crippen LogP contribution in [0.2, 0.25) is 0 Å². The number of nitrogens with two attached hydrogens (primary N) is 1. The molecule has 10 heteroatoms. The largest absolute Gasteiger partial charge is 0.384 e. The second-order valence-electron chi connectivity index (χ2n) is 7.60. The molecular formula is C23H27N5O4S. The van der Waals surface area contributed by atoms with Crippen LogP contribution in [0.15, 0.2) is 59.4 Å². The normalized spacial score (nSPS) is 11.2. The number of anilines is 2. The van der Waals surface area contributed by atoms with Gasteiger partial charge in [-0.2, -0.15) is 0 Å². The van der Waals surface area contributed by atoms with Crippen molar-refractivity contribution in [1.29, 1.82) is 0 Å². The molecule has 1 amide bonds. The molecule has 9 nitrogen and oxygen atoms in total. The molecule has 0 atom stereocenters. The molecule has 0 saturated heterocycles. The number of hydrogen-bond donors (Lipinski definition) is 3. The first-order valence-corrected chi connectivity index (χ1v) is 12.1. The third-order valence-electron chi connectivity index (χ3n) is 5.06. The van der Waals surface area contributed by atoms with Crippen LogP contribution in [0.1, 0.15) is 29.4 Å². The highest BCUT2D eigenvalue weighted by atomic mass is 32.2. The van der Waals surface area contributed by atoms with Crippen molar-refractivity contribution in [1.82, 2.24) is 14.9 Å². The number of aromatic nitrogens is 2. The van der Waals surface area contributed by atoms with E-state index in [2.05, 4.69) is 15.0 Å². The summed E-state index contributed by atoms with van der Waals surface area (Å²) in [7, 11) is -3.81. The van der Waals surface area contributed by atoms with Gasteiger partial charge in [0.15, 0.2) is 0 Å². The van der Waals surface area contributed by atoms with Crippen LogP contribution in [0, 0.1) is 6.92 Å². The van der Waals surface area contributed by atoms with E-state index in [1.807, 2.05) is 6.92 Å². The number of hydrogen-bond acceptors (Lipinski definition) is 6. The summed E-state index contributed by atoms with van der Waals surface area (Å²) >= 11 is 0. The minimum absolute atomic E-state index is 0.111. The Morgan fingerprint density at radius 1 is 1.09 bits per heavy atom. The second kappa shape index (κ2) is 10.3. The zero-order valence-corrected chi connectivity index (χ0v) is 19.4. The minimum atomic E-state index is -3.81. The SMILES string of the molecule is CCc1nc(N)ccc1CNC(=O)Cn1c(C)ccc(NS(=O)(=O)Cc2ccccc2)c1=O. The summed E-state index contributed by atoms with van der Waals surface area (Å²) in [5.41, 5.74) is 7.77. The van der Waals surface area contributed by atoms with Crippen LogP contribution < -0.4 is 21.3 Å². The number of amides is 1. The molecule has 3 rings (SSSR count). The van der Waals surface area contributed by atoms with Crippen molar-refractivity contribution in [3.63, 3.8) is 0 Å². The van der Waals surface area contributed by atoms with E-state index in [4.69, 9.17) is 5.73 Å². The quantitative estimate of drug-likeness (QED) is 0.438. The molecule has 3 aromatic rings. The molecule has 0 unspecified atom stereocenters. The van der Waals surface area contributed by atoms with E-state index in [1.165, 1.54) is 10.6 Å². The van der Waals surface area contributed by atoms with Gasteiger partial charge in [-0.3, -0.25) is 14.3 Å². The topological polar surface area (TPSA) is 136 Å². The van der Waals surface area contributed by atoms with Gasteiger partial charge in [0.2, 0.25) is 15.9 Å². The average Bonchev–Trinajstić information content (AvgIpc) is 2.78. The van der Waals surface area contributed by atoms with Gasteiger partial charge in [-0.05, 0) is 42.7 Å². The Kier molecular flexibility index (Phi) is 7.49. The molecule has 0 radical (unpaired) electrons. The first kappa shape index (κ1) is 24.0. The van der Waals surface area contributed by atoms with Crippen LogP contribution in [0.3, 0.4) is 0 Å². The highest BCUT2D eigenvalue weighted by Crippen LogP contribution is 2.12. The van der Waals surface area contributed by atoms with Gasteiger partial charge in [0.1, 0.15) is 18.1 Å². The van der Waals surface area contributed by atoms with Crippen LogP contribution in [-0.2, 0) is 40.1 Å². The van der Waals surface area contributed by atoms with Crippen LogP contribution >= 0.6 is 0 Å². The van der Waals surface area contributed by atoms with Gasteiger partial charge in [0, 0.05) is 17.9 Å². The number of nitrogen functional groups attached to an aromatic ring is 1. The van der Waals surface area contributed by atoms with Crippen molar-refractivity contribution < 1.29 is 13.2 Å². The van der Waals surface area contributed by atoms with Crippen LogP contribution in [-0.4, -0.2) is 23.9 Å². The summed E-state index contributed by atoms with van der Waals surface area (Å²) in [5.74, 6) is -0.240. The van der Waals surface area contributed by atoms with Gasteiger partial charge in [0.25, 0.3) is 5.56 Å². The standard InChI is InChI=1S/C23H27N5O4S/c1-3-19-18(10-12-21(24)26-19)13-25-22(29)14-28-16(2)9-11-20(23(28)30)27-33(31,32)15-17-7-5-4-6-8-17/h4-12,27H,3,13-15H2,1-2H3,(H2,24,26)(H,25,29). The molecule has 0 fully saturated rings. The molecule has 0 aliphatic rings. The number of nitrogens with one attached hydrogen (secondary N) is 2. The lowest BCUT2D eigenvalue weighted by Gasteiger charge is -2.14. The number of carbonyl (C=O) groups excluding carboxylic acids is 1. The van der Waals surface area contributed by atoms with Gasteiger partial charge in [-0.1, -0.05) is 43.3 Å². The Morgan fingerprint density at radius 2 is 1.82 bits per heavy atom. The number of sulfonamides is 1. The maximum Gasteiger partial charge on any atom is 0.275 e. The fraction of sp³-hybridized carbons (Fsp3) is 0.261. The molecule has 0 aliphatic heterocycles. The predicted octanol–water partition coefficient (Wildman–Crippen LogP) is 1.95. The van der Waals surface area contributed by atoms with Crippen LogP contribution in [0.4, 0.5) is 11.5 Å². The first-order valence-electron chi connectivity index (χ1n) is 10.4. The van der Waals surface area contributed by atoms with Gasteiger partial charge < -0.3 is 15.6 Å². The Morgan fingerprint density at radius 3 is 2.52 bits per heavy atom. The van der Waals surface area contributed by atoms with Crippen LogP contribution in [0.5, 0.6) is 0 Å². The van der Waals surface area contributed by atoms with E-state index in [9.17, 15) is 18.0 Å². The third-order valence-corrected chi connectivity index (χ3v) is 6.30. The van der Waals surface area contributed by atoms with Gasteiger partial charge in [-0.25, -0.2) is 13.4 Å². The van der Waals surface area contributed by atoms with Crippen molar-refractivity contribution in [2.75, 3.05) is 10.5 Å². The Labute approximate surface area is 192 Å². The number of rotatable bonds is 9. The van der Waals surface area contributed by atoms with Crippen molar-refractivity contribution in [3.05, 3.63) is 87.5 Å². The summed E-state index contributed by atoms with van der Waals surface area (Å²) < 4.78 is 28.6. The van der Waals surface area contributed by atoms with E-state index in [1.54, 1.807) is 55.5 Å². The van der Waals surface area contributed by atoms with Crippen molar-refractivity contribution in [2.24, 2.45) is 0 Å². The second-order valence-corrected chi connectivity index (χ2v) is 9.32. The molecule has 0 spiro atoms. The van der Waals surface area contributed by atoms with Gasteiger partial charge >= 0.3 is 0 Å². The average molecular weight is 470 g/mol. The summed E-state index contributed by atoms with van der Waals surface area (Å²) in [6.45, 7) is 3.62. The van der Waals surface area contributed by atoms with Gasteiger partial charge in [0.05, 0.1) is 5.75 Å². The Hall–Kier alpha value is -3.66. The number of pyridine rings is 2. The fourth-order valence-electron chi connectivity index (χ4n) is 3.35. The van der Waals surface area contributed by atoms with Crippen LogP contribution in [0.25, 0.3) is 0 Å². The van der Waals surface area contributed by atoms with Crippen molar-refractivity contribution in [3.8, 4) is 0 Å². The van der Waals surface area contributed by atoms with Gasteiger partial charge in [-0.15, -0.1) is 0 Å². The lowest BCUT2D eigenvalue weighted by Crippen LogP contribution is -2.34. The highest BCUT2D eigenvalue weighted by Gasteiger charge is 2.17. The first-order chi connectivity index (χ1) is 15.7. The number of nitrogens with zero attached hydrogens (tertiary/aromatic N) is 2. The van der Waals surface area contributed by atoms with Crippen molar-refractivity contribution >= 4 is 27.4 Å². The zero-order chi connectivity index (χ0) is 24.0. The molecule has 0 bridgehead atoms. The van der Waals surface area contributed by atoms with E-state index < -0.39 is 15.6 Å². The van der Waals surface area contributed by atoms with E-state index in [0.29, 0.717) is 23.5 Å². The Balaban J connectivity index is 1.72. The summed E-state index contributed by atoms with van der Waals surface area (Å²) in [5, 5.41) is 2.78. The maximum atomic E-state index is 12.9. The summed E-state index contributed by atoms with van der Waals surface area (Å²) in [4.78, 5) is 29.7. The maximum absolute atomic E-state index is 12.9. The van der Waals surface area contributed by atoms with E-state index in [-0.39, 0.29) is 30.4 Å². The molecular weight excluding hydrogens is 442 g/mol. The molecule has 2 aromatic heterocycles. The Bertz CT molecular complexity index is 1300. The molecule has 33 heavy (non-hydrogen) atoms. The zero-order valence-electron chi connectivity index (χ0n) is 18.5. The van der Waals surface area contributed by atoms with Crippen molar-refractivity contribution in [2.45, 2.75) is 39.1 Å². The van der Waals surface area contributed by atoms with E-state index >= 15 is 0 Å².